The van der Waals surface area contributed by atoms with Crippen molar-refractivity contribution in [3.8, 4) is 0 Å². The van der Waals surface area contributed by atoms with Gasteiger partial charge in [0.15, 0.2) is 5.09 Å². The predicted octanol–water partition coefficient (Wildman–Crippen LogP) is 2.93. The molecule has 2 aromatic rings. The molecule has 1 aromatic heterocycles. The van der Waals surface area contributed by atoms with E-state index in [1.807, 2.05) is 0 Å². The fourth-order valence-corrected chi connectivity index (χ4v) is 4.25. The van der Waals surface area contributed by atoms with Crippen molar-refractivity contribution in [3.05, 3.63) is 47.7 Å². The molecule has 0 amide bonds. The van der Waals surface area contributed by atoms with Crippen molar-refractivity contribution >= 4 is 11.8 Å². The quantitative estimate of drug-likeness (QED) is 0.888. The first-order chi connectivity index (χ1) is 12.7. The van der Waals surface area contributed by atoms with Crippen molar-refractivity contribution in [2.24, 2.45) is 0 Å². The zero-order valence-corrected chi connectivity index (χ0v) is 16.0. The van der Waals surface area contributed by atoms with Gasteiger partial charge in [-0.15, -0.1) is 0 Å². The van der Waals surface area contributed by atoms with Crippen molar-refractivity contribution < 1.29 is 13.9 Å². The molecule has 26 heavy (non-hydrogen) atoms. The highest BCUT2D eigenvalue weighted by atomic mass is 32.2. The Hall–Kier alpha value is -1.31. The van der Waals surface area contributed by atoms with Gasteiger partial charge in [0.1, 0.15) is 11.4 Å². The second-order valence-electron chi connectivity index (χ2n) is 7.11. The monoisotopic (exact) mass is 374 g/mol. The van der Waals surface area contributed by atoms with Gasteiger partial charge in [0.25, 0.3) is 0 Å². The summed E-state index contributed by atoms with van der Waals surface area (Å²) in [5.41, 5.74) is 1.04. The predicted molar refractivity (Wildman–Crippen MR) is 102 cm³/mol. The molecule has 0 radical (unpaired) electrons. The number of ether oxygens (including phenoxy) is 2. The highest BCUT2D eigenvalue weighted by Gasteiger charge is 2.38. The summed E-state index contributed by atoms with van der Waals surface area (Å²) in [6, 6.07) is 12.7. The van der Waals surface area contributed by atoms with Crippen LogP contribution in [0.15, 0.2) is 50.8 Å². The largest absolute Gasteiger partial charge is 0.453 e. The Labute approximate surface area is 159 Å². The molecule has 0 bridgehead atoms. The minimum atomic E-state index is -0.235. The first kappa shape index (κ1) is 18.1. The summed E-state index contributed by atoms with van der Waals surface area (Å²) in [6.07, 6.45) is 0. The van der Waals surface area contributed by atoms with E-state index >= 15 is 0 Å². The van der Waals surface area contributed by atoms with Crippen LogP contribution in [0.25, 0.3) is 0 Å². The number of benzene rings is 1. The van der Waals surface area contributed by atoms with Crippen molar-refractivity contribution in [2.75, 3.05) is 46.0 Å². The summed E-state index contributed by atoms with van der Waals surface area (Å²) < 4.78 is 17.9. The summed E-state index contributed by atoms with van der Waals surface area (Å²) in [6.45, 7) is 8.56. The van der Waals surface area contributed by atoms with Crippen LogP contribution in [0.1, 0.15) is 11.3 Å². The second kappa shape index (κ2) is 8.15. The van der Waals surface area contributed by atoms with Crippen molar-refractivity contribution in [2.45, 2.75) is 29.1 Å². The van der Waals surface area contributed by atoms with E-state index in [1.165, 1.54) is 10.5 Å². The summed E-state index contributed by atoms with van der Waals surface area (Å²) in [7, 11) is 0. The molecule has 140 valence electrons. The van der Waals surface area contributed by atoms with Crippen molar-refractivity contribution in [1.82, 2.24) is 10.2 Å². The lowest BCUT2D eigenvalue weighted by Crippen LogP contribution is -2.57. The fraction of sp³-hybridized carbons (Fsp3) is 0.500. The molecule has 5 nitrogen and oxygen atoms in total. The van der Waals surface area contributed by atoms with Crippen LogP contribution in [0.5, 0.6) is 0 Å². The number of nitrogens with one attached hydrogen (secondary N) is 1. The molecule has 1 N–H and O–H groups in total. The van der Waals surface area contributed by atoms with E-state index in [0.717, 1.165) is 56.8 Å². The van der Waals surface area contributed by atoms with Gasteiger partial charge >= 0.3 is 0 Å². The van der Waals surface area contributed by atoms with Gasteiger partial charge in [-0.3, -0.25) is 4.90 Å². The number of rotatable bonds is 4. The molecule has 0 saturated carbocycles. The lowest BCUT2D eigenvalue weighted by Gasteiger charge is -2.41. The minimum absolute atomic E-state index is 0.235. The van der Waals surface area contributed by atoms with Gasteiger partial charge in [0.2, 0.25) is 0 Å². The third-order valence-electron chi connectivity index (χ3n) is 4.82. The standard InChI is InChI=1S/C20H26N2O3S/c1-16-2-5-18(6-3-16)26-19-7-4-17(25-19)12-22-9-11-24-20(14-22)13-21-8-10-23-15-20/h2-7,21H,8-15H2,1H3. The van der Waals surface area contributed by atoms with Crippen molar-refractivity contribution in [1.29, 1.82) is 0 Å². The number of morpholine rings is 1. The molecule has 2 fully saturated rings. The van der Waals surface area contributed by atoms with Crippen molar-refractivity contribution in [3.63, 3.8) is 0 Å². The van der Waals surface area contributed by atoms with Gasteiger partial charge in [-0.1, -0.05) is 29.5 Å². The third-order valence-corrected chi connectivity index (χ3v) is 5.75. The van der Waals surface area contributed by atoms with E-state index in [-0.39, 0.29) is 5.60 Å². The average Bonchev–Trinajstić information content (AvgIpc) is 2.95. The molecule has 6 heteroatoms. The Balaban J connectivity index is 1.36. The molecule has 2 aliphatic heterocycles. The third kappa shape index (κ3) is 4.50. The summed E-state index contributed by atoms with van der Waals surface area (Å²) in [5.74, 6) is 0.999. The normalized spacial score (nSPS) is 24.7. The first-order valence-corrected chi connectivity index (χ1v) is 10.0. The SMILES string of the molecule is Cc1ccc(Sc2ccc(CN3CCOC4(CNCCOC4)C3)o2)cc1. The average molecular weight is 375 g/mol. The Kier molecular flexibility index (Phi) is 5.66. The lowest BCUT2D eigenvalue weighted by molar-refractivity contribution is -0.136. The Morgan fingerprint density at radius 1 is 1.15 bits per heavy atom. The maximum atomic E-state index is 6.08. The Morgan fingerprint density at radius 3 is 2.92 bits per heavy atom. The summed E-state index contributed by atoms with van der Waals surface area (Å²) in [5, 5.41) is 4.36. The van der Waals surface area contributed by atoms with E-state index in [1.54, 1.807) is 11.8 Å². The molecular formula is C20H26N2O3S. The first-order valence-electron chi connectivity index (χ1n) is 9.19. The molecule has 1 unspecified atom stereocenters. The van der Waals surface area contributed by atoms with Gasteiger partial charge in [0.05, 0.1) is 26.4 Å². The molecule has 4 rings (SSSR count). The van der Waals surface area contributed by atoms with Crippen LogP contribution in [0.2, 0.25) is 0 Å². The molecule has 2 saturated heterocycles. The zero-order chi connectivity index (χ0) is 17.8. The van der Waals surface area contributed by atoms with E-state index < -0.39 is 0 Å². The van der Waals surface area contributed by atoms with Gasteiger partial charge in [-0.25, -0.2) is 0 Å². The molecule has 1 spiro atoms. The number of nitrogens with zero attached hydrogens (tertiary/aromatic N) is 1. The maximum absolute atomic E-state index is 6.08. The van der Waals surface area contributed by atoms with E-state index in [9.17, 15) is 0 Å². The molecule has 1 aromatic carbocycles. The summed E-state index contributed by atoms with van der Waals surface area (Å²) in [4.78, 5) is 3.60. The molecule has 3 heterocycles. The molecule has 2 aliphatic rings. The highest BCUT2D eigenvalue weighted by Crippen LogP contribution is 2.30. The Morgan fingerprint density at radius 2 is 2.04 bits per heavy atom. The molecule has 1 atom stereocenters. The van der Waals surface area contributed by atoms with Gasteiger partial charge in [0, 0.05) is 31.1 Å². The van der Waals surface area contributed by atoms with Crippen LogP contribution in [0.4, 0.5) is 0 Å². The van der Waals surface area contributed by atoms with Crippen LogP contribution in [-0.2, 0) is 16.0 Å². The van der Waals surface area contributed by atoms with E-state index in [2.05, 4.69) is 53.5 Å². The molecule has 0 aliphatic carbocycles. The van der Waals surface area contributed by atoms with Crippen LogP contribution < -0.4 is 5.32 Å². The van der Waals surface area contributed by atoms with Gasteiger partial charge in [-0.05, 0) is 31.2 Å². The lowest BCUT2D eigenvalue weighted by atomic mass is 10.0. The molecular weight excluding hydrogens is 348 g/mol. The van der Waals surface area contributed by atoms with Crippen LogP contribution >= 0.6 is 11.8 Å². The van der Waals surface area contributed by atoms with Gasteiger partial charge < -0.3 is 19.2 Å². The van der Waals surface area contributed by atoms with E-state index in [0.29, 0.717) is 6.61 Å². The zero-order valence-electron chi connectivity index (χ0n) is 15.2. The van der Waals surface area contributed by atoms with Crippen LogP contribution in [0.3, 0.4) is 0 Å². The van der Waals surface area contributed by atoms with Crippen LogP contribution in [-0.4, -0.2) is 56.5 Å². The minimum Gasteiger partial charge on any atom is -0.453 e. The van der Waals surface area contributed by atoms with Gasteiger partial charge in [-0.2, -0.15) is 0 Å². The highest BCUT2D eigenvalue weighted by molar-refractivity contribution is 7.99. The van der Waals surface area contributed by atoms with E-state index in [4.69, 9.17) is 13.9 Å². The number of furan rings is 1. The maximum Gasteiger partial charge on any atom is 0.165 e. The van der Waals surface area contributed by atoms with Crippen LogP contribution in [0, 0.1) is 6.92 Å². The summed E-state index contributed by atoms with van der Waals surface area (Å²) >= 11 is 1.66. The Bertz CT molecular complexity index is 708. The number of hydrogen-bond acceptors (Lipinski definition) is 6. The second-order valence-corrected chi connectivity index (χ2v) is 8.19. The topological polar surface area (TPSA) is 46.9 Å². The number of hydrogen-bond donors (Lipinski definition) is 1. The smallest absolute Gasteiger partial charge is 0.165 e. The fourth-order valence-electron chi connectivity index (χ4n) is 3.46. The number of aryl methyl sites for hydroxylation is 1.